The summed E-state index contributed by atoms with van der Waals surface area (Å²) in [6.45, 7) is 9.91. The Morgan fingerprint density at radius 3 is 2.46 bits per heavy atom. The molecule has 2 aromatic rings. The highest BCUT2D eigenvalue weighted by atomic mass is 16.5. The number of ether oxygens (including phenoxy) is 1. The predicted octanol–water partition coefficient (Wildman–Crippen LogP) is 3.02. The maximum atomic E-state index is 13.2. The largest absolute Gasteiger partial charge is 0.378 e. The zero-order valence-electron chi connectivity index (χ0n) is 16.9. The smallest absolute Gasteiger partial charge is 0.320 e. The second-order valence-corrected chi connectivity index (χ2v) is 7.94. The number of carbonyl (C=O) groups is 1. The highest BCUT2D eigenvalue weighted by Gasteiger charge is 2.36. The summed E-state index contributed by atoms with van der Waals surface area (Å²) in [5.74, 6) is 1.56. The third-order valence-electron chi connectivity index (χ3n) is 5.90. The van der Waals surface area contributed by atoms with E-state index >= 15 is 0 Å². The van der Waals surface area contributed by atoms with E-state index in [4.69, 9.17) is 9.26 Å². The SMILES string of the molecule is Cc1noc(C2CC(c3ccc(C)c(C)c3)CN(C(=O)N3CCOCC3)C2)n1. The minimum absolute atomic E-state index is 0.0477. The molecule has 2 aliphatic heterocycles. The van der Waals surface area contributed by atoms with Gasteiger partial charge in [-0.15, -0.1) is 0 Å². The molecule has 0 radical (unpaired) electrons. The maximum absolute atomic E-state index is 13.2. The average molecular weight is 384 g/mol. The van der Waals surface area contributed by atoms with E-state index < -0.39 is 0 Å². The summed E-state index contributed by atoms with van der Waals surface area (Å²) in [5, 5.41) is 3.96. The van der Waals surface area contributed by atoms with Crippen molar-refractivity contribution in [2.75, 3.05) is 39.4 Å². The fourth-order valence-electron chi connectivity index (χ4n) is 4.13. The molecule has 7 nitrogen and oxygen atoms in total. The lowest BCUT2D eigenvalue weighted by Crippen LogP contribution is -2.52. The Labute approximate surface area is 165 Å². The number of carbonyl (C=O) groups excluding carboxylic acids is 1. The number of hydrogen-bond donors (Lipinski definition) is 0. The van der Waals surface area contributed by atoms with Crippen molar-refractivity contribution in [1.29, 1.82) is 0 Å². The van der Waals surface area contributed by atoms with E-state index in [0.717, 1.165) is 6.42 Å². The van der Waals surface area contributed by atoms with Gasteiger partial charge < -0.3 is 19.1 Å². The molecule has 2 amide bonds. The van der Waals surface area contributed by atoms with Gasteiger partial charge in [0.15, 0.2) is 5.82 Å². The summed E-state index contributed by atoms with van der Waals surface area (Å²) in [7, 11) is 0. The Balaban J connectivity index is 1.60. The molecule has 2 aliphatic rings. The quantitative estimate of drug-likeness (QED) is 0.796. The van der Waals surface area contributed by atoms with Crippen molar-refractivity contribution < 1.29 is 14.1 Å². The number of hydrogen-bond acceptors (Lipinski definition) is 5. The van der Waals surface area contributed by atoms with Gasteiger partial charge in [0.2, 0.25) is 5.89 Å². The minimum Gasteiger partial charge on any atom is -0.378 e. The molecule has 2 saturated heterocycles. The lowest BCUT2D eigenvalue weighted by Gasteiger charge is -2.40. The average Bonchev–Trinajstić information content (AvgIpc) is 3.16. The summed E-state index contributed by atoms with van der Waals surface area (Å²) < 4.78 is 10.9. The van der Waals surface area contributed by atoms with Gasteiger partial charge in [-0.3, -0.25) is 0 Å². The first kappa shape index (κ1) is 18.9. The van der Waals surface area contributed by atoms with Crippen LogP contribution in [0.3, 0.4) is 0 Å². The molecule has 1 aromatic carbocycles. The first-order valence-corrected chi connectivity index (χ1v) is 10.00. The van der Waals surface area contributed by atoms with E-state index in [1.54, 1.807) is 0 Å². The highest BCUT2D eigenvalue weighted by Crippen LogP contribution is 2.36. The molecule has 2 fully saturated rings. The third kappa shape index (κ3) is 3.90. The number of aromatic nitrogens is 2. The molecule has 0 aliphatic carbocycles. The van der Waals surface area contributed by atoms with Gasteiger partial charge in [0.05, 0.1) is 19.1 Å². The van der Waals surface area contributed by atoms with Crippen LogP contribution in [0.4, 0.5) is 4.79 Å². The van der Waals surface area contributed by atoms with Gasteiger partial charge >= 0.3 is 6.03 Å². The van der Waals surface area contributed by atoms with E-state index in [1.165, 1.54) is 16.7 Å². The fourth-order valence-corrected chi connectivity index (χ4v) is 4.13. The van der Waals surface area contributed by atoms with Crippen LogP contribution in [0.2, 0.25) is 0 Å². The summed E-state index contributed by atoms with van der Waals surface area (Å²) in [5.41, 5.74) is 3.83. The van der Waals surface area contributed by atoms with Crippen molar-refractivity contribution in [3.05, 3.63) is 46.6 Å². The fraction of sp³-hybridized carbons (Fsp3) is 0.571. The Kier molecular flexibility index (Phi) is 5.35. The number of piperidine rings is 1. The molecule has 28 heavy (non-hydrogen) atoms. The molecule has 0 bridgehead atoms. The van der Waals surface area contributed by atoms with Crippen molar-refractivity contribution in [1.82, 2.24) is 19.9 Å². The van der Waals surface area contributed by atoms with Gasteiger partial charge in [-0.05, 0) is 43.9 Å². The monoisotopic (exact) mass is 384 g/mol. The zero-order valence-corrected chi connectivity index (χ0v) is 16.9. The highest BCUT2D eigenvalue weighted by molar-refractivity contribution is 5.75. The molecule has 7 heteroatoms. The first-order chi connectivity index (χ1) is 13.5. The number of morpholine rings is 1. The molecule has 3 heterocycles. The normalized spacial score (nSPS) is 23.1. The van der Waals surface area contributed by atoms with Crippen LogP contribution in [0.15, 0.2) is 22.7 Å². The summed E-state index contributed by atoms with van der Waals surface area (Å²) in [4.78, 5) is 21.5. The van der Waals surface area contributed by atoms with Gasteiger partial charge in [0, 0.05) is 32.1 Å². The molecule has 1 aromatic heterocycles. The summed E-state index contributed by atoms with van der Waals surface area (Å²) >= 11 is 0. The number of nitrogens with zero attached hydrogens (tertiary/aromatic N) is 4. The first-order valence-electron chi connectivity index (χ1n) is 10.00. The van der Waals surface area contributed by atoms with Crippen molar-refractivity contribution >= 4 is 6.03 Å². The van der Waals surface area contributed by atoms with Crippen molar-refractivity contribution in [2.45, 2.75) is 39.0 Å². The summed E-state index contributed by atoms with van der Waals surface area (Å²) in [6.07, 6.45) is 0.900. The molecule has 0 N–H and O–H groups in total. The molecule has 2 unspecified atom stereocenters. The number of rotatable bonds is 2. The van der Waals surface area contributed by atoms with E-state index in [0.29, 0.717) is 51.1 Å². The van der Waals surface area contributed by atoms with Crippen LogP contribution in [0, 0.1) is 20.8 Å². The lowest BCUT2D eigenvalue weighted by molar-refractivity contribution is 0.0392. The third-order valence-corrected chi connectivity index (χ3v) is 5.90. The van der Waals surface area contributed by atoms with Gasteiger partial charge in [0.25, 0.3) is 0 Å². The molecule has 0 spiro atoms. The van der Waals surface area contributed by atoms with E-state index in [1.807, 2.05) is 16.7 Å². The second kappa shape index (κ2) is 7.91. The Bertz CT molecular complexity index is 844. The zero-order chi connectivity index (χ0) is 19.7. The van der Waals surface area contributed by atoms with Crippen LogP contribution in [0.25, 0.3) is 0 Å². The summed E-state index contributed by atoms with van der Waals surface area (Å²) in [6, 6.07) is 6.68. The van der Waals surface area contributed by atoms with Gasteiger partial charge in [0.1, 0.15) is 0 Å². The van der Waals surface area contributed by atoms with Gasteiger partial charge in [-0.2, -0.15) is 4.98 Å². The van der Waals surface area contributed by atoms with Crippen molar-refractivity contribution in [3.8, 4) is 0 Å². The van der Waals surface area contributed by atoms with E-state index in [9.17, 15) is 4.79 Å². The van der Waals surface area contributed by atoms with E-state index in [2.05, 4.69) is 42.2 Å². The Hall–Kier alpha value is -2.41. The van der Waals surface area contributed by atoms with Crippen LogP contribution >= 0.6 is 0 Å². The molecular formula is C21H28N4O3. The standard InChI is InChI=1S/C21H28N4O3/c1-14-4-5-17(10-15(14)2)18-11-19(20-22-16(3)23-28-20)13-25(12-18)21(26)24-6-8-27-9-7-24/h4-5,10,18-19H,6-9,11-13H2,1-3H3. The molecule has 150 valence electrons. The Morgan fingerprint density at radius 1 is 1.04 bits per heavy atom. The second-order valence-electron chi connectivity index (χ2n) is 7.94. The van der Waals surface area contributed by atoms with Crippen LogP contribution in [-0.4, -0.2) is 65.4 Å². The van der Waals surface area contributed by atoms with E-state index in [-0.39, 0.29) is 17.9 Å². The lowest BCUT2D eigenvalue weighted by atomic mass is 9.83. The topological polar surface area (TPSA) is 71.7 Å². The number of urea groups is 1. The predicted molar refractivity (Wildman–Crippen MR) is 104 cm³/mol. The molecule has 4 rings (SSSR count). The Morgan fingerprint density at radius 2 is 1.79 bits per heavy atom. The van der Waals surface area contributed by atoms with Gasteiger partial charge in [-0.1, -0.05) is 23.4 Å². The van der Waals surface area contributed by atoms with Crippen LogP contribution in [-0.2, 0) is 4.74 Å². The number of aryl methyl sites for hydroxylation is 3. The minimum atomic E-state index is 0.0477. The maximum Gasteiger partial charge on any atom is 0.320 e. The van der Waals surface area contributed by atoms with Crippen molar-refractivity contribution in [2.24, 2.45) is 0 Å². The van der Waals surface area contributed by atoms with Crippen LogP contribution < -0.4 is 0 Å². The molecule has 2 atom stereocenters. The molecular weight excluding hydrogens is 356 g/mol. The van der Waals surface area contributed by atoms with Crippen LogP contribution in [0.1, 0.15) is 46.7 Å². The van der Waals surface area contributed by atoms with Crippen LogP contribution in [0.5, 0.6) is 0 Å². The van der Waals surface area contributed by atoms with Crippen molar-refractivity contribution in [3.63, 3.8) is 0 Å². The number of benzene rings is 1. The number of likely N-dealkylation sites (tertiary alicyclic amines) is 1. The molecule has 0 saturated carbocycles. The van der Waals surface area contributed by atoms with Gasteiger partial charge in [-0.25, -0.2) is 4.79 Å². The number of amides is 2.